The lowest BCUT2D eigenvalue weighted by Gasteiger charge is -2.21. The Morgan fingerprint density at radius 3 is 2.54 bits per heavy atom. The first-order valence-corrected chi connectivity index (χ1v) is 10.3. The normalized spacial score (nSPS) is 12.0. The van der Waals surface area contributed by atoms with Crippen LogP contribution in [0.4, 0.5) is 0 Å². The molecule has 0 radical (unpaired) electrons. The number of benzene rings is 2. The van der Waals surface area contributed by atoms with Gasteiger partial charge < -0.3 is 10.1 Å². The van der Waals surface area contributed by atoms with E-state index in [0.717, 1.165) is 34.1 Å². The van der Waals surface area contributed by atoms with E-state index in [1.54, 1.807) is 18.9 Å². The molecule has 0 saturated carbocycles. The molecule has 2 rings (SSSR count). The van der Waals surface area contributed by atoms with E-state index in [1.165, 1.54) is 0 Å². The van der Waals surface area contributed by atoms with Crippen LogP contribution in [-0.4, -0.2) is 18.8 Å². The average molecular weight is 392 g/mol. The maximum atomic E-state index is 12.4. The van der Waals surface area contributed by atoms with Crippen molar-refractivity contribution < 1.29 is 9.53 Å². The van der Waals surface area contributed by atoms with Crippen molar-refractivity contribution in [3.05, 3.63) is 64.7 Å². The van der Waals surface area contributed by atoms with Gasteiger partial charge in [-0.2, -0.15) is 0 Å². The van der Waals surface area contributed by atoms with Gasteiger partial charge in [0.1, 0.15) is 5.75 Å². The molecular weight excluding hydrogens is 366 g/mol. The highest BCUT2D eigenvalue weighted by molar-refractivity contribution is 7.99. The van der Waals surface area contributed by atoms with Crippen molar-refractivity contribution in [2.75, 3.05) is 12.9 Å². The number of ether oxygens (including phenoxy) is 1. The Kier molecular flexibility index (Phi) is 8.33. The first-order chi connectivity index (χ1) is 12.5. The fraction of sp³-hybridized carbons (Fsp3) is 0.381. The number of nitrogens with one attached hydrogen (secondary N) is 1. The van der Waals surface area contributed by atoms with Gasteiger partial charge in [0.15, 0.2) is 0 Å². The molecule has 26 heavy (non-hydrogen) atoms. The average Bonchev–Trinajstić information content (AvgIpc) is 2.61. The highest BCUT2D eigenvalue weighted by atomic mass is 35.5. The zero-order valence-corrected chi connectivity index (χ0v) is 17.1. The SMILES string of the molecule is COc1ccc([C@H](CC(C)C)NC(=O)CSCc2cccc(Cl)c2)cc1. The molecule has 0 aliphatic rings. The van der Waals surface area contributed by atoms with Crippen molar-refractivity contribution >= 4 is 29.3 Å². The maximum Gasteiger partial charge on any atom is 0.230 e. The predicted octanol–water partition coefficient (Wildman–Crippen LogP) is 5.49. The van der Waals surface area contributed by atoms with E-state index in [9.17, 15) is 4.79 Å². The minimum absolute atomic E-state index is 0.0141. The second-order valence-corrected chi connectivity index (χ2v) is 8.07. The summed E-state index contributed by atoms with van der Waals surface area (Å²) in [6.45, 7) is 4.33. The summed E-state index contributed by atoms with van der Waals surface area (Å²) in [5, 5.41) is 3.90. The molecule has 2 aromatic rings. The van der Waals surface area contributed by atoms with Gasteiger partial charge in [-0.25, -0.2) is 0 Å². The number of methoxy groups -OCH3 is 1. The van der Waals surface area contributed by atoms with E-state index in [2.05, 4.69) is 19.2 Å². The topological polar surface area (TPSA) is 38.3 Å². The minimum atomic E-state index is 0.0141. The van der Waals surface area contributed by atoms with E-state index in [4.69, 9.17) is 16.3 Å². The van der Waals surface area contributed by atoms with Gasteiger partial charge in [0.05, 0.1) is 18.9 Å². The lowest BCUT2D eigenvalue weighted by Crippen LogP contribution is -2.30. The lowest BCUT2D eigenvalue weighted by molar-refractivity contribution is -0.119. The Morgan fingerprint density at radius 1 is 1.19 bits per heavy atom. The van der Waals surface area contributed by atoms with Gasteiger partial charge in [-0.05, 0) is 47.7 Å². The van der Waals surface area contributed by atoms with E-state index < -0.39 is 0 Å². The molecular formula is C21H26ClNO2S. The summed E-state index contributed by atoms with van der Waals surface area (Å²) >= 11 is 7.59. The van der Waals surface area contributed by atoms with Gasteiger partial charge in [0, 0.05) is 10.8 Å². The number of rotatable bonds is 9. The van der Waals surface area contributed by atoms with Crippen LogP contribution in [0.1, 0.15) is 37.4 Å². The minimum Gasteiger partial charge on any atom is -0.497 e. The van der Waals surface area contributed by atoms with E-state index >= 15 is 0 Å². The summed E-state index contributed by atoms with van der Waals surface area (Å²) in [5.41, 5.74) is 2.23. The van der Waals surface area contributed by atoms with Crippen molar-refractivity contribution in [1.29, 1.82) is 0 Å². The van der Waals surface area contributed by atoms with E-state index in [0.29, 0.717) is 11.7 Å². The van der Waals surface area contributed by atoms with Crippen molar-refractivity contribution in [2.24, 2.45) is 5.92 Å². The molecule has 0 spiro atoms. The third kappa shape index (κ3) is 6.93. The molecule has 0 fully saturated rings. The number of hydrogen-bond acceptors (Lipinski definition) is 3. The molecule has 1 N–H and O–H groups in total. The van der Waals surface area contributed by atoms with Crippen molar-refractivity contribution in [2.45, 2.75) is 32.1 Å². The Labute approximate surface area is 165 Å². The molecule has 0 bridgehead atoms. The fourth-order valence-corrected chi connectivity index (χ4v) is 3.71. The van der Waals surface area contributed by atoms with Crippen LogP contribution in [0.2, 0.25) is 5.02 Å². The third-order valence-electron chi connectivity index (χ3n) is 3.95. The molecule has 3 nitrogen and oxygen atoms in total. The molecule has 1 atom stereocenters. The Bertz CT molecular complexity index is 703. The largest absolute Gasteiger partial charge is 0.497 e. The summed E-state index contributed by atoms with van der Waals surface area (Å²) in [4.78, 5) is 12.4. The second kappa shape index (κ2) is 10.5. The number of hydrogen-bond donors (Lipinski definition) is 1. The molecule has 0 aromatic heterocycles. The Balaban J connectivity index is 1.90. The van der Waals surface area contributed by atoms with Gasteiger partial charge in [0.25, 0.3) is 0 Å². The molecule has 2 aromatic carbocycles. The van der Waals surface area contributed by atoms with Crippen molar-refractivity contribution in [3.63, 3.8) is 0 Å². The van der Waals surface area contributed by atoms with E-state index in [1.807, 2.05) is 48.5 Å². The molecule has 0 unspecified atom stereocenters. The van der Waals surface area contributed by atoms with Crippen molar-refractivity contribution in [3.8, 4) is 5.75 Å². The first kappa shape index (κ1) is 20.7. The van der Waals surface area contributed by atoms with Crippen LogP contribution < -0.4 is 10.1 Å². The number of carbonyl (C=O) groups excluding carboxylic acids is 1. The van der Waals surface area contributed by atoms with Gasteiger partial charge in [0.2, 0.25) is 5.91 Å². The van der Waals surface area contributed by atoms with Crippen LogP contribution in [0.5, 0.6) is 5.75 Å². The quantitative estimate of drug-likeness (QED) is 0.614. The number of thioether (sulfide) groups is 1. The van der Waals surface area contributed by atoms with Gasteiger partial charge in [-0.15, -0.1) is 11.8 Å². The van der Waals surface area contributed by atoms with Crippen LogP contribution in [0, 0.1) is 5.92 Å². The van der Waals surface area contributed by atoms with Crippen LogP contribution in [-0.2, 0) is 10.5 Å². The van der Waals surface area contributed by atoms with Crippen molar-refractivity contribution in [1.82, 2.24) is 5.32 Å². The summed E-state index contributed by atoms with van der Waals surface area (Å²) in [7, 11) is 1.65. The smallest absolute Gasteiger partial charge is 0.230 e. The molecule has 0 aliphatic heterocycles. The van der Waals surface area contributed by atoms with Crippen LogP contribution in [0.25, 0.3) is 0 Å². The summed E-state index contributed by atoms with van der Waals surface area (Å²) in [6, 6.07) is 15.7. The first-order valence-electron chi connectivity index (χ1n) is 8.73. The highest BCUT2D eigenvalue weighted by Gasteiger charge is 2.16. The Morgan fingerprint density at radius 2 is 1.92 bits per heavy atom. The number of amides is 1. The highest BCUT2D eigenvalue weighted by Crippen LogP contribution is 2.24. The zero-order valence-electron chi connectivity index (χ0n) is 15.5. The maximum absolute atomic E-state index is 12.4. The molecule has 140 valence electrons. The van der Waals surface area contributed by atoms with Crippen LogP contribution in [0.3, 0.4) is 0 Å². The summed E-state index contributed by atoms with van der Waals surface area (Å²) < 4.78 is 5.21. The molecule has 1 amide bonds. The van der Waals surface area contributed by atoms with Gasteiger partial charge in [-0.3, -0.25) is 4.79 Å². The number of halogens is 1. The zero-order chi connectivity index (χ0) is 18.9. The standard InChI is InChI=1S/C21H26ClNO2S/c1-15(2)11-20(17-7-9-19(25-3)10-8-17)23-21(24)14-26-13-16-5-4-6-18(22)12-16/h4-10,12,15,20H,11,13-14H2,1-3H3,(H,23,24)/t20-/m0/s1. The lowest BCUT2D eigenvalue weighted by atomic mass is 9.97. The fourth-order valence-electron chi connectivity index (χ4n) is 2.71. The molecule has 0 heterocycles. The van der Waals surface area contributed by atoms with Gasteiger partial charge in [-0.1, -0.05) is 49.7 Å². The predicted molar refractivity (Wildman–Crippen MR) is 111 cm³/mol. The summed E-state index contributed by atoms with van der Waals surface area (Å²) in [5.74, 6) is 2.56. The molecule has 0 saturated heterocycles. The third-order valence-corrected chi connectivity index (χ3v) is 5.19. The summed E-state index contributed by atoms with van der Waals surface area (Å²) in [6.07, 6.45) is 0.900. The monoisotopic (exact) mass is 391 g/mol. The Hall–Kier alpha value is -1.65. The molecule has 0 aliphatic carbocycles. The number of carbonyl (C=O) groups is 1. The van der Waals surface area contributed by atoms with Crippen LogP contribution in [0.15, 0.2) is 48.5 Å². The second-order valence-electron chi connectivity index (χ2n) is 6.65. The van der Waals surface area contributed by atoms with Gasteiger partial charge >= 0.3 is 0 Å². The van der Waals surface area contributed by atoms with E-state index in [-0.39, 0.29) is 11.9 Å². The van der Waals surface area contributed by atoms with Crippen LogP contribution >= 0.6 is 23.4 Å². The molecule has 5 heteroatoms.